The predicted molar refractivity (Wildman–Crippen MR) is 81.7 cm³/mol. The van der Waals surface area contributed by atoms with Crippen LogP contribution in [0.5, 0.6) is 0 Å². The number of hydrogen-bond donors (Lipinski definition) is 1. The molecule has 104 valence electrons. The number of benzene rings is 1. The summed E-state index contributed by atoms with van der Waals surface area (Å²) < 4.78 is 0. The first-order valence-electron chi connectivity index (χ1n) is 7.84. The zero-order valence-corrected chi connectivity index (χ0v) is 12.1. The number of likely N-dealkylation sites (N-methyl/N-ethyl adjacent to an activating group) is 1. The van der Waals surface area contributed by atoms with Crippen LogP contribution in [0.4, 0.5) is 5.69 Å². The van der Waals surface area contributed by atoms with Crippen molar-refractivity contribution in [1.29, 1.82) is 0 Å². The third-order valence-corrected chi connectivity index (χ3v) is 4.77. The lowest BCUT2D eigenvalue weighted by molar-refractivity contribution is 0.226. The highest BCUT2D eigenvalue weighted by Crippen LogP contribution is 2.32. The molecule has 1 atom stereocenters. The van der Waals surface area contributed by atoms with Gasteiger partial charge in [-0.3, -0.25) is 0 Å². The van der Waals surface area contributed by atoms with Gasteiger partial charge in [0.05, 0.1) is 0 Å². The van der Waals surface area contributed by atoms with E-state index in [1.54, 1.807) is 0 Å². The van der Waals surface area contributed by atoms with E-state index < -0.39 is 0 Å². The molecule has 1 aromatic carbocycles. The van der Waals surface area contributed by atoms with Gasteiger partial charge in [0, 0.05) is 31.2 Å². The Labute approximate surface area is 117 Å². The van der Waals surface area contributed by atoms with Gasteiger partial charge in [-0.05, 0) is 37.4 Å². The van der Waals surface area contributed by atoms with E-state index in [-0.39, 0.29) is 0 Å². The van der Waals surface area contributed by atoms with Crippen molar-refractivity contribution < 1.29 is 0 Å². The summed E-state index contributed by atoms with van der Waals surface area (Å²) in [6.45, 7) is 3.59. The Morgan fingerprint density at radius 2 is 1.89 bits per heavy atom. The molecule has 0 radical (unpaired) electrons. The Balaban J connectivity index is 1.54. The normalized spacial score (nSPS) is 23.4. The number of nitrogens with zero attached hydrogens (tertiary/aromatic N) is 1. The van der Waals surface area contributed by atoms with Gasteiger partial charge in [0.25, 0.3) is 0 Å². The Morgan fingerprint density at radius 3 is 2.74 bits per heavy atom. The molecule has 1 heterocycles. The molecule has 1 saturated carbocycles. The van der Waals surface area contributed by atoms with E-state index in [0.717, 1.165) is 12.5 Å². The van der Waals surface area contributed by atoms with Gasteiger partial charge in [-0.15, -0.1) is 0 Å². The van der Waals surface area contributed by atoms with Crippen molar-refractivity contribution in [3.8, 4) is 0 Å². The molecule has 3 rings (SSSR count). The standard InChI is InChI=1S/C17H26N2/c1-19(12-14-7-3-2-4-8-14)13-15-11-18-17-10-6-5-9-16(15)17/h5-6,9-10,14-15,18H,2-4,7-8,11-13H2,1H3. The van der Waals surface area contributed by atoms with Crippen molar-refractivity contribution in [3.05, 3.63) is 29.8 Å². The summed E-state index contributed by atoms with van der Waals surface area (Å²) in [7, 11) is 2.30. The molecule has 0 amide bonds. The molecule has 1 N–H and O–H groups in total. The number of hydrogen-bond acceptors (Lipinski definition) is 2. The van der Waals surface area contributed by atoms with Crippen LogP contribution in [0.25, 0.3) is 0 Å². The molecule has 1 fully saturated rings. The number of rotatable bonds is 4. The van der Waals surface area contributed by atoms with Crippen molar-refractivity contribution in [2.45, 2.75) is 38.0 Å². The van der Waals surface area contributed by atoms with Crippen LogP contribution in [0.15, 0.2) is 24.3 Å². The van der Waals surface area contributed by atoms with E-state index in [1.165, 1.54) is 56.4 Å². The lowest BCUT2D eigenvalue weighted by Gasteiger charge is -2.28. The van der Waals surface area contributed by atoms with Crippen molar-refractivity contribution in [2.75, 3.05) is 32.0 Å². The lowest BCUT2D eigenvalue weighted by Crippen LogP contribution is -2.31. The van der Waals surface area contributed by atoms with Crippen LogP contribution in [0.1, 0.15) is 43.6 Å². The topological polar surface area (TPSA) is 15.3 Å². The average molecular weight is 258 g/mol. The quantitative estimate of drug-likeness (QED) is 0.885. The molecule has 1 unspecified atom stereocenters. The Bertz CT molecular complexity index is 409. The van der Waals surface area contributed by atoms with Crippen LogP contribution in [-0.4, -0.2) is 31.6 Å². The number of para-hydroxylation sites is 1. The monoisotopic (exact) mass is 258 g/mol. The maximum atomic E-state index is 3.53. The largest absolute Gasteiger partial charge is 0.384 e. The highest BCUT2D eigenvalue weighted by molar-refractivity contribution is 5.57. The molecule has 2 nitrogen and oxygen atoms in total. The van der Waals surface area contributed by atoms with Gasteiger partial charge in [-0.1, -0.05) is 37.5 Å². The maximum Gasteiger partial charge on any atom is 0.0376 e. The zero-order chi connectivity index (χ0) is 13.1. The first kappa shape index (κ1) is 13.0. The van der Waals surface area contributed by atoms with E-state index in [4.69, 9.17) is 0 Å². The SMILES string of the molecule is CN(CC1CCCCC1)CC1CNc2ccccc21. The average Bonchev–Trinajstić information content (AvgIpc) is 2.83. The molecule has 0 bridgehead atoms. The summed E-state index contributed by atoms with van der Waals surface area (Å²) in [5.74, 6) is 1.62. The van der Waals surface area contributed by atoms with Crippen molar-refractivity contribution in [2.24, 2.45) is 5.92 Å². The summed E-state index contributed by atoms with van der Waals surface area (Å²) in [5.41, 5.74) is 2.86. The fourth-order valence-corrected chi connectivity index (χ4v) is 3.78. The Hall–Kier alpha value is -1.02. The fraction of sp³-hybridized carbons (Fsp3) is 0.647. The summed E-state index contributed by atoms with van der Waals surface area (Å²) in [6.07, 6.45) is 7.26. The second-order valence-corrected chi connectivity index (χ2v) is 6.39. The molecule has 2 heteroatoms. The Kier molecular flexibility index (Phi) is 4.07. The number of fused-ring (bicyclic) bond motifs is 1. The van der Waals surface area contributed by atoms with E-state index in [0.29, 0.717) is 5.92 Å². The summed E-state index contributed by atoms with van der Waals surface area (Å²) in [6, 6.07) is 8.78. The molecular formula is C17H26N2. The third-order valence-electron chi connectivity index (χ3n) is 4.77. The van der Waals surface area contributed by atoms with Crippen LogP contribution >= 0.6 is 0 Å². The van der Waals surface area contributed by atoms with Crippen LogP contribution in [0.3, 0.4) is 0 Å². The van der Waals surface area contributed by atoms with E-state index >= 15 is 0 Å². The minimum Gasteiger partial charge on any atom is -0.384 e. The van der Waals surface area contributed by atoms with Crippen LogP contribution < -0.4 is 5.32 Å². The smallest absolute Gasteiger partial charge is 0.0376 e. The summed E-state index contributed by atoms with van der Waals surface area (Å²) in [5, 5.41) is 3.53. The number of anilines is 1. The summed E-state index contributed by atoms with van der Waals surface area (Å²) in [4.78, 5) is 2.56. The maximum absolute atomic E-state index is 3.53. The second-order valence-electron chi connectivity index (χ2n) is 6.39. The molecule has 1 aliphatic carbocycles. The van der Waals surface area contributed by atoms with E-state index in [2.05, 4.69) is 41.5 Å². The molecular weight excluding hydrogens is 232 g/mol. The second kappa shape index (κ2) is 5.96. The van der Waals surface area contributed by atoms with Crippen LogP contribution in [0.2, 0.25) is 0 Å². The van der Waals surface area contributed by atoms with Crippen molar-refractivity contribution in [1.82, 2.24) is 4.90 Å². The first-order valence-corrected chi connectivity index (χ1v) is 7.84. The molecule has 1 aliphatic heterocycles. The van der Waals surface area contributed by atoms with E-state index in [1.807, 2.05) is 0 Å². The predicted octanol–water partition coefficient (Wildman–Crippen LogP) is 3.71. The fourth-order valence-electron chi connectivity index (χ4n) is 3.78. The summed E-state index contributed by atoms with van der Waals surface area (Å²) >= 11 is 0. The number of nitrogens with one attached hydrogen (secondary N) is 1. The van der Waals surface area contributed by atoms with Gasteiger partial charge in [0.1, 0.15) is 0 Å². The Morgan fingerprint density at radius 1 is 1.11 bits per heavy atom. The van der Waals surface area contributed by atoms with E-state index in [9.17, 15) is 0 Å². The van der Waals surface area contributed by atoms with Gasteiger partial charge in [-0.2, -0.15) is 0 Å². The van der Waals surface area contributed by atoms with Gasteiger partial charge >= 0.3 is 0 Å². The van der Waals surface area contributed by atoms with Crippen molar-refractivity contribution in [3.63, 3.8) is 0 Å². The van der Waals surface area contributed by atoms with Crippen molar-refractivity contribution >= 4 is 5.69 Å². The first-order chi connectivity index (χ1) is 9.33. The molecule has 19 heavy (non-hydrogen) atoms. The highest BCUT2D eigenvalue weighted by atomic mass is 15.1. The molecule has 1 aromatic rings. The van der Waals surface area contributed by atoms with Gasteiger partial charge < -0.3 is 10.2 Å². The van der Waals surface area contributed by atoms with Crippen LogP contribution in [0, 0.1) is 5.92 Å². The highest BCUT2D eigenvalue weighted by Gasteiger charge is 2.24. The molecule has 2 aliphatic rings. The van der Waals surface area contributed by atoms with Gasteiger partial charge in [-0.25, -0.2) is 0 Å². The zero-order valence-electron chi connectivity index (χ0n) is 12.1. The molecule has 0 saturated heterocycles. The van der Waals surface area contributed by atoms with Gasteiger partial charge in [0.15, 0.2) is 0 Å². The van der Waals surface area contributed by atoms with Gasteiger partial charge in [0.2, 0.25) is 0 Å². The van der Waals surface area contributed by atoms with Crippen LogP contribution in [-0.2, 0) is 0 Å². The minimum absolute atomic E-state index is 0.671. The minimum atomic E-state index is 0.671. The molecule has 0 spiro atoms. The third kappa shape index (κ3) is 3.11. The lowest BCUT2D eigenvalue weighted by atomic mass is 9.89. The molecule has 0 aromatic heterocycles.